The Kier molecular flexibility index (Phi) is 2.26. The monoisotopic (exact) mass is 137 g/mol. The highest BCUT2D eigenvalue weighted by molar-refractivity contribution is 5.75. The summed E-state index contributed by atoms with van der Waals surface area (Å²) >= 11 is 0. The first-order valence-electron chi connectivity index (χ1n) is 3.39. The molecule has 1 aromatic rings. The fourth-order valence-electron chi connectivity index (χ4n) is 0.704. The van der Waals surface area contributed by atoms with Crippen molar-refractivity contribution in [1.82, 2.24) is 0 Å². The average molecular weight is 137 g/mol. The summed E-state index contributed by atoms with van der Waals surface area (Å²) in [5, 5.41) is 0. The van der Waals surface area contributed by atoms with Crippen molar-refractivity contribution in [3.63, 3.8) is 0 Å². The third-order valence-corrected chi connectivity index (χ3v) is 1.16. The van der Waals surface area contributed by atoms with E-state index in [0.29, 0.717) is 0 Å². The Morgan fingerprint density at radius 3 is 2.90 bits per heavy atom. The SMILES string of the molecule is CCN=Cc1ccc(C)o1. The average Bonchev–Trinajstić information content (AvgIpc) is 2.31. The molecular weight excluding hydrogens is 126 g/mol. The van der Waals surface area contributed by atoms with Crippen molar-refractivity contribution in [3.05, 3.63) is 23.7 Å². The molecule has 1 heterocycles. The molecule has 0 aliphatic heterocycles. The van der Waals surface area contributed by atoms with Crippen LogP contribution in [0, 0.1) is 6.92 Å². The van der Waals surface area contributed by atoms with Gasteiger partial charge in [-0.15, -0.1) is 0 Å². The second-order valence-corrected chi connectivity index (χ2v) is 2.08. The van der Waals surface area contributed by atoms with Gasteiger partial charge in [-0.2, -0.15) is 0 Å². The molecule has 0 N–H and O–H groups in total. The van der Waals surface area contributed by atoms with Crippen LogP contribution in [-0.4, -0.2) is 12.8 Å². The molecular formula is C8H11NO. The number of hydrogen-bond acceptors (Lipinski definition) is 2. The van der Waals surface area contributed by atoms with Crippen molar-refractivity contribution in [1.29, 1.82) is 0 Å². The van der Waals surface area contributed by atoms with Gasteiger partial charge in [-0.1, -0.05) is 0 Å². The van der Waals surface area contributed by atoms with Gasteiger partial charge in [-0.3, -0.25) is 4.99 Å². The second kappa shape index (κ2) is 3.20. The highest BCUT2D eigenvalue weighted by Crippen LogP contribution is 2.02. The fourth-order valence-corrected chi connectivity index (χ4v) is 0.704. The molecule has 1 aromatic heterocycles. The van der Waals surface area contributed by atoms with Gasteiger partial charge in [0.05, 0.1) is 6.21 Å². The van der Waals surface area contributed by atoms with Crippen LogP contribution in [0.2, 0.25) is 0 Å². The van der Waals surface area contributed by atoms with Crippen molar-refractivity contribution in [2.24, 2.45) is 4.99 Å². The number of furan rings is 1. The van der Waals surface area contributed by atoms with Crippen LogP contribution in [0.25, 0.3) is 0 Å². The first kappa shape index (κ1) is 7.06. The van der Waals surface area contributed by atoms with Crippen LogP contribution < -0.4 is 0 Å². The Morgan fingerprint density at radius 1 is 1.60 bits per heavy atom. The van der Waals surface area contributed by atoms with Crippen LogP contribution in [0.1, 0.15) is 18.4 Å². The van der Waals surface area contributed by atoms with Gasteiger partial charge in [0, 0.05) is 6.54 Å². The minimum atomic E-state index is 0.805. The zero-order chi connectivity index (χ0) is 7.40. The number of hydrogen-bond donors (Lipinski definition) is 0. The largest absolute Gasteiger partial charge is 0.460 e. The van der Waals surface area contributed by atoms with Crippen molar-refractivity contribution < 1.29 is 4.42 Å². The number of rotatable bonds is 2. The van der Waals surface area contributed by atoms with Crippen molar-refractivity contribution >= 4 is 6.21 Å². The smallest absolute Gasteiger partial charge is 0.144 e. The molecule has 0 saturated carbocycles. The van der Waals surface area contributed by atoms with E-state index in [1.807, 2.05) is 26.0 Å². The lowest BCUT2D eigenvalue weighted by atomic mass is 10.4. The van der Waals surface area contributed by atoms with E-state index in [4.69, 9.17) is 4.42 Å². The molecule has 2 nitrogen and oxygen atoms in total. The molecule has 54 valence electrons. The summed E-state index contributed by atoms with van der Waals surface area (Å²) in [6.07, 6.45) is 1.74. The summed E-state index contributed by atoms with van der Waals surface area (Å²) in [5.74, 6) is 1.76. The summed E-state index contributed by atoms with van der Waals surface area (Å²) in [6, 6.07) is 3.84. The Hall–Kier alpha value is -1.05. The fraction of sp³-hybridized carbons (Fsp3) is 0.375. The van der Waals surface area contributed by atoms with Gasteiger partial charge in [-0.25, -0.2) is 0 Å². The molecule has 0 aliphatic rings. The van der Waals surface area contributed by atoms with E-state index in [1.165, 1.54) is 0 Å². The Bertz CT molecular complexity index is 225. The standard InChI is InChI=1S/C8H11NO/c1-3-9-6-8-5-4-7(2)10-8/h4-6H,3H2,1-2H3. The minimum absolute atomic E-state index is 0.805. The predicted molar refractivity (Wildman–Crippen MR) is 41.6 cm³/mol. The lowest BCUT2D eigenvalue weighted by molar-refractivity contribution is 0.528. The molecule has 0 bridgehead atoms. The summed E-state index contributed by atoms with van der Waals surface area (Å²) in [4.78, 5) is 4.04. The van der Waals surface area contributed by atoms with Gasteiger partial charge in [0.15, 0.2) is 0 Å². The Morgan fingerprint density at radius 2 is 2.40 bits per heavy atom. The molecule has 0 radical (unpaired) electrons. The maximum Gasteiger partial charge on any atom is 0.144 e. The van der Waals surface area contributed by atoms with E-state index in [1.54, 1.807) is 6.21 Å². The van der Waals surface area contributed by atoms with E-state index < -0.39 is 0 Å². The van der Waals surface area contributed by atoms with E-state index >= 15 is 0 Å². The van der Waals surface area contributed by atoms with Crippen molar-refractivity contribution in [2.75, 3.05) is 6.54 Å². The van der Waals surface area contributed by atoms with E-state index in [0.717, 1.165) is 18.1 Å². The molecule has 0 unspecified atom stereocenters. The van der Waals surface area contributed by atoms with E-state index in [9.17, 15) is 0 Å². The number of aryl methyl sites for hydroxylation is 1. The van der Waals surface area contributed by atoms with Gasteiger partial charge < -0.3 is 4.42 Å². The molecule has 0 atom stereocenters. The zero-order valence-corrected chi connectivity index (χ0v) is 6.29. The molecule has 0 saturated heterocycles. The highest BCUT2D eigenvalue weighted by Gasteiger charge is 1.91. The lowest BCUT2D eigenvalue weighted by Gasteiger charge is -1.82. The summed E-state index contributed by atoms with van der Waals surface area (Å²) in [5.41, 5.74) is 0. The minimum Gasteiger partial charge on any atom is -0.460 e. The predicted octanol–water partition coefficient (Wildman–Crippen LogP) is 2.03. The summed E-state index contributed by atoms with van der Waals surface area (Å²) in [7, 11) is 0. The Labute approximate surface area is 60.6 Å². The van der Waals surface area contributed by atoms with Crippen LogP contribution in [0.3, 0.4) is 0 Å². The van der Waals surface area contributed by atoms with Crippen LogP contribution in [0.15, 0.2) is 21.5 Å². The number of nitrogens with zero attached hydrogens (tertiary/aromatic N) is 1. The highest BCUT2D eigenvalue weighted by atomic mass is 16.3. The lowest BCUT2D eigenvalue weighted by Crippen LogP contribution is -1.75. The molecule has 2 heteroatoms. The molecule has 1 rings (SSSR count). The molecule has 0 aromatic carbocycles. The van der Waals surface area contributed by atoms with Crippen LogP contribution >= 0.6 is 0 Å². The van der Waals surface area contributed by atoms with Crippen LogP contribution in [0.5, 0.6) is 0 Å². The zero-order valence-electron chi connectivity index (χ0n) is 6.29. The Balaban J connectivity index is 2.67. The summed E-state index contributed by atoms with van der Waals surface area (Å²) < 4.78 is 5.24. The van der Waals surface area contributed by atoms with Gasteiger partial charge in [0.25, 0.3) is 0 Å². The van der Waals surface area contributed by atoms with Gasteiger partial charge >= 0.3 is 0 Å². The normalized spacial score (nSPS) is 11.0. The molecule has 0 fully saturated rings. The van der Waals surface area contributed by atoms with Gasteiger partial charge in [-0.05, 0) is 26.0 Å². The third-order valence-electron chi connectivity index (χ3n) is 1.16. The van der Waals surface area contributed by atoms with Gasteiger partial charge in [0.1, 0.15) is 11.5 Å². The van der Waals surface area contributed by atoms with Crippen LogP contribution in [0.4, 0.5) is 0 Å². The second-order valence-electron chi connectivity index (χ2n) is 2.08. The quantitative estimate of drug-likeness (QED) is 0.572. The summed E-state index contributed by atoms with van der Waals surface area (Å²) in [6.45, 7) is 4.72. The first-order chi connectivity index (χ1) is 4.83. The topological polar surface area (TPSA) is 25.5 Å². The van der Waals surface area contributed by atoms with E-state index in [2.05, 4.69) is 4.99 Å². The van der Waals surface area contributed by atoms with Crippen molar-refractivity contribution in [3.8, 4) is 0 Å². The number of aliphatic imine (C=N–C) groups is 1. The van der Waals surface area contributed by atoms with Gasteiger partial charge in [0.2, 0.25) is 0 Å². The molecule has 0 aliphatic carbocycles. The van der Waals surface area contributed by atoms with Crippen molar-refractivity contribution in [2.45, 2.75) is 13.8 Å². The first-order valence-corrected chi connectivity index (χ1v) is 3.39. The molecule has 0 amide bonds. The molecule has 10 heavy (non-hydrogen) atoms. The maximum atomic E-state index is 5.24. The third kappa shape index (κ3) is 1.72. The maximum absolute atomic E-state index is 5.24. The molecule has 0 spiro atoms. The van der Waals surface area contributed by atoms with E-state index in [-0.39, 0.29) is 0 Å². The van der Waals surface area contributed by atoms with Crippen LogP contribution in [-0.2, 0) is 0 Å².